The van der Waals surface area contributed by atoms with Gasteiger partial charge in [-0.15, -0.1) is 0 Å². The summed E-state index contributed by atoms with van der Waals surface area (Å²) in [6.45, 7) is 2.21. The number of esters is 1. The smallest absolute Gasteiger partial charge is 0.331 e. The number of carbonyl (C=O) groups excluding carboxylic acids is 1. The number of carbonyl (C=O) groups is 1. The molecule has 0 saturated heterocycles. The normalized spacial score (nSPS) is 13.6. The lowest BCUT2D eigenvalue weighted by Gasteiger charge is -2.19. The molecule has 0 amide bonds. The quantitative estimate of drug-likeness (QED) is 0.444. The van der Waals surface area contributed by atoms with E-state index in [1.165, 1.54) is 10.4 Å². The Labute approximate surface area is 174 Å². The number of para-hydroxylation sites is 1. The van der Waals surface area contributed by atoms with Crippen LogP contribution < -0.4 is 4.31 Å². The molecule has 0 radical (unpaired) electrons. The van der Waals surface area contributed by atoms with E-state index in [1.54, 1.807) is 43.3 Å². The van der Waals surface area contributed by atoms with E-state index >= 15 is 0 Å². The predicted octanol–water partition coefficient (Wildman–Crippen LogP) is 3.49. The van der Waals surface area contributed by atoms with Crippen molar-refractivity contribution in [2.75, 3.05) is 10.8 Å². The van der Waals surface area contributed by atoms with Gasteiger partial charge in [0.05, 0.1) is 16.3 Å². The molecule has 0 spiro atoms. The number of aromatic nitrogens is 1. The molecule has 3 aromatic rings. The highest BCUT2D eigenvalue weighted by molar-refractivity contribution is 7.92. The zero-order chi connectivity index (χ0) is 21.1. The third kappa shape index (κ3) is 4.13. The molecule has 2 heterocycles. The number of sulfonamides is 1. The lowest BCUT2D eigenvalue weighted by Crippen LogP contribution is -2.29. The van der Waals surface area contributed by atoms with Crippen LogP contribution in [0.25, 0.3) is 6.08 Å². The Morgan fingerprint density at radius 2 is 1.97 bits per heavy atom. The third-order valence-electron chi connectivity index (χ3n) is 4.76. The molecule has 1 aliphatic heterocycles. The van der Waals surface area contributed by atoms with Crippen molar-refractivity contribution in [3.05, 3.63) is 83.3 Å². The van der Waals surface area contributed by atoms with Crippen molar-refractivity contribution in [3.8, 4) is 0 Å². The molecule has 0 atom stereocenters. The molecule has 30 heavy (non-hydrogen) atoms. The van der Waals surface area contributed by atoms with Crippen LogP contribution in [-0.2, 0) is 32.6 Å². The number of anilines is 1. The largest absolute Gasteiger partial charge is 0.454 e. The highest BCUT2D eigenvalue weighted by Crippen LogP contribution is 2.32. The van der Waals surface area contributed by atoms with Crippen LogP contribution in [0.3, 0.4) is 0 Å². The maximum atomic E-state index is 13.0. The van der Waals surface area contributed by atoms with Crippen LogP contribution >= 0.6 is 0 Å². The lowest BCUT2D eigenvalue weighted by molar-refractivity contribution is -0.139. The number of ether oxygens (including phenoxy) is 1. The molecule has 0 bridgehead atoms. The summed E-state index contributed by atoms with van der Waals surface area (Å²) in [7, 11) is -3.64. The van der Waals surface area contributed by atoms with Gasteiger partial charge in [0, 0.05) is 18.7 Å². The van der Waals surface area contributed by atoms with Crippen LogP contribution in [0.4, 0.5) is 5.69 Å². The fourth-order valence-corrected chi connectivity index (χ4v) is 4.78. The molecule has 1 aliphatic rings. The summed E-state index contributed by atoms with van der Waals surface area (Å²) < 4.78 is 37.5. The second kappa shape index (κ2) is 8.16. The van der Waals surface area contributed by atoms with Gasteiger partial charge in [0.25, 0.3) is 10.0 Å². The van der Waals surface area contributed by atoms with Crippen molar-refractivity contribution >= 4 is 27.8 Å². The third-order valence-corrected chi connectivity index (χ3v) is 6.59. The Bertz CT molecular complexity index is 1200. The van der Waals surface area contributed by atoms with E-state index in [4.69, 9.17) is 9.26 Å². The van der Waals surface area contributed by atoms with E-state index in [-0.39, 0.29) is 11.5 Å². The van der Waals surface area contributed by atoms with Crippen LogP contribution in [0.1, 0.15) is 22.6 Å². The van der Waals surface area contributed by atoms with Crippen molar-refractivity contribution in [2.24, 2.45) is 0 Å². The fraction of sp³-hybridized carbons (Fsp3) is 0.182. The Morgan fingerprint density at radius 1 is 1.20 bits per heavy atom. The zero-order valence-electron chi connectivity index (χ0n) is 16.3. The molecule has 154 valence electrons. The molecule has 0 aliphatic carbocycles. The first kappa shape index (κ1) is 19.9. The van der Waals surface area contributed by atoms with E-state index in [9.17, 15) is 13.2 Å². The maximum absolute atomic E-state index is 13.0. The summed E-state index contributed by atoms with van der Waals surface area (Å²) in [5.74, 6) is -0.0679. The minimum absolute atomic E-state index is 0.00148. The van der Waals surface area contributed by atoms with Crippen molar-refractivity contribution in [2.45, 2.75) is 24.8 Å². The average molecular weight is 424 g/mol. The highest BCUT2D eigenvalue weighted by Gasteiger charge is 2.30. The van der Waals surface area contributed by atoms with Crippen LogP contribution in [0.2, 0.25) is 0 Å². The first-order valence-corrected chi connectivity index (χ1v) is 10.9. The summed E-state index contributed by atoms with van der Waals surface area (Å²) in [6, 6.07) is 15.6. The van der Waals surface area contributed by atoms with Gasteiger partial charge >= 0.3 is 5.97 Å². The second-order valence-corrected chi connectivity index (χ2v) is 8.76. The van der Waals surface area contributed by atoms with Crippen LogP contribution in [0, 0.1) is 6.92 Å². The van der Waals surface area contributed by atoms with E-state index in [0.29, 0.717) is 30.0 Å². The number of aryl methyl sites for hydroxylation is 1. The predicted molar refractivity (Wildman–Crippen MR) is 111 cm³/mol. The molecule has 7 nitrogen and oxygen atoms in total. The SMILES string of the molecule is Cc1cc(COC(=O)/C=C/c2ccc(S(=O)(=O)N3CCc4ccccc43)cc2)on1. The number of hydrogen-bond donors (Lipinski definition) is 0. The number of hydrogen-bond acceptors (Lipinski definition) is 6. The zero-order valence-corrected chi connectivity index (χ0v) is 17.1. The summed E-state index contributed by atoms with van der Waals surface area (Å²) >= 11 is 0. The minimum atomic E-state index is -3.64. The average Bonchev–Trinajstić information content (AvgIpc) is 3.37. The lowest BCUT2D eigenvalue weighted by atomic mass is 10.2. The Hall–Kier alpha value is -3.39. The van der Waals surface area contributed by atoms with E-state index in [2.05, 4.69) is 5.16 Å². The number of fused-ring (bicyclic) bond motifs is 1. The molecule has 0 saturated carbocycles. The molecule has 1 aromatic heterocycles. The summed E-state index contributed by atoms with van der Waals surface area (Å²) in [5.41, 5.74) is 3.15. The molecule has 0 unspecified atom stereocenters. The highest BCUT2D eigenvalue weighted by atomic mass is 32.2. The van der Waals surface area contributed by atoms with Gasteiger partial charge in [0.1, 0.15) is 0 Å². The number of benzene rings is 2. The summed E-state index contributed by atoms with van der Waals surface area (Å²) in [6.07, 6.45) is 3.55. The van der Waals surface area contributed by atoms with Crippen molar-refractivity contribution < 1.29 is 22.5 Å². The Kier molecular flexibility index (Phi) is 5.41. The number of rotatable bonds is 6. The standard InChI is InChI=1S/C22H20N2O5S/c1-16-14-19(29-23-16)15-28-22(25)11-8-17-6-9-20(10-7-17)30(26,27)24-13-12-18-4-2-3-5-21(18)24/h2-11,14H,12-13,15H2,1H3/b11-8+. The molecular formula is C22H20N2O5S. The topological polar surface area (TPSA) is 89.7 Å². The van der Waals surface area contributed by atoms with E-state index < -0.39 is 16.0 Å². The van der Waals surface area contributed by atoms with Gasteiger partial charge in [0.15, 0.2) is 12.4 Å². The Morgan fingerprint density at radius 3 is 2.70 bits per heavy atom. The minimum Gasteiger partial charge on any atom is -0.454 e. The molecular weight excluding hydrogens is 404 g/mol. The van der Waals surface area contributed by atoms with Crippen LogP contribution in [0.15, 0.2) is 70.1 Å². The first-order chi connectivity index (χ1) is 14.4. The van der Waals surface area contributed by atoms with Gasteiger partial charge < -0.3 is 9.26 Å². The fourth-order valence-electron chi connectivity index (χ4n) is 3.27. The van der Waals surface area contributed by atoms with Gasteiger partial charge in [-0.2, -0.15) is 0 Å². The van der Waals surface area contributed by atoms with Gasteiger partial charge in [-0.05, 0) is 48.7 Å². The first-order valence-electron chi connectivity index (χ1n) is 9.41. The van der Waals surface area contributed by atoms with Crippen molar-refractivity contribution in [1.29, 1.82) is 0 Å². The maximum Gasteiger partial charge on any atom is 0.331 e. The van der Waals surface area contributed by atoms with E-state index in [0.717, 1.165) is 11.3 Å². The van der Waals surface area contributed by atoms with Gasteiger partial charge in [-0.1, -0.05) is 35.5 Å². The van der Waals surface area contributed by atoms with Crippen LogP contribution in [0.5, 0.6) is 0 Å². The number of nitrogens with zero attached hydrogens (tertiary/aromatic N) is 2. The molecule has 0 fully saturated rings. The molecule has 0 N–H and O–H groups in total. The van der Waals surface area contributed by atoms with Gasteiger partial charge in [-0.25, -0.2) is 13.2 Å². The molecule has 2 aromatic carbocycles. The molecule has 4 rings (SSSR count). The Balaban J connectivity index is 1.41. The van der Waals surface area contributed by atoms with Crippen LogP contribution in [-0.4, -0.2) is 26.1 Å². The monoisotopic (exact) mass is 424 g/mol. The van der Waals surface area contributed by atoms with Crippen molar-refractivity contribution in [1.82, 2.24) is 5.16 Å². The van der Waals surface area contributed by atoms with Gasteiger partial charge in [-0.3, -0.25) is 4.31 Å². The summed E-state index contributed by atoms with van der Waals surface area (Å²) in [4.78, 5) is 12.0. The van der Waals surface area contributed by atoms with Crippen molar-refractivity contribution in [3.63, 3.8) is 0 Å². The second-order valence-electron chi connectivity index (χ2n) is 6.90. The summed E-state index contributed by atoms with van der Waals surface area (Å²) in [5, 5.41) is 3.72. The van der Waals surface area contributed by atoms with Gasteiger partial charge in [0.2, 0.25) is 0 Å². The van der Waals surface area contributed by atoms with E-state index in [1.807, 2.05) is 24.3 Å². The molecule has 8 heteroatoms.